The van der Waals surface area contributed by atoms with Gasteiger partial charge in [0.2, 0.25) is 11.8 Å². The highest BCUT2D eigenvalue weighted by molar-refractivity contribution is 7.99. The molecule has 3 aromatic rings. The minimum Gasteiger partial charge on any atom is -0.376 e. The first-order valence-electron chi connectivity index (χ1n) is 9.17. The molecule has 1 aliphatic rings. The first-order chi connectivity index (χ1) is 14.0. The molecule has 0 saturated carbocycles. The molecule has 1 fully saturated rings. The molecule has 1 N–H and O–H groups in total. The Balaban J connectivity index is 1.59. The zero-order valence-electron chi connectivity index (χ0n) is 15.7. The third-order valence-corrected chi connectivity index (χ3v) is 5.73. The summed E-state index contributed by atoms with van der Waals surface area (Å²) < 4.78 is 12.3. The van der Waals surface area contributed by atoms with Crippen LogP contribution < -0.4 is 10.9 Å². The third-order valence-electron chi connectivity index (χ3n) is 4.52. The van der Waals surface area contributed by atoms with Crippen LogP contribution in [0, 0.1) is 6.92 Å². The van der Waals surface area contributed by atoms with Crippen LogP contribution in [-0.2, 0) is 16.1 Å². The monoisotopic (exact) mass is 434 g/mol. The normalized spacial score (nSPS) is 16.4. The third kappa shape index (κ3) is 4.63. The Kier molecular flexibility index (Phi) is 5.89. The van der Waals surface area contributed by atoms with Gasteiger partial charge in [0.05, 0.1) is 35.0 Å². The summed E-state index contributed by atoms with van der Waals surface area (Å²) in [5.41, 5.74) is 1.00. The van der Waals surface area contributed by atoms with Gasteiger partial charge in [0.25, 0.3) is 5.56 Å². The zero-order chi connectivity index (χ0) is 20.4. The Labute approximate surface area is 175 Å². The van der Waals surface area contributed by atoms with Crippen LogP contribution in [0.4, 0.5) is 5.88 Å². The van der Waals surface area contributed by atoms with Crippen LogP contribution >= 0.6 is 23.4 Å². The van der Waals surface area contributed by atoms with Crippen LogP contribution in [0.1, 0.15) is 18.5 Å². The molecule has 0 spiro atoms. The highest BCUT2D eigenvalue weighted by Gasteiger charge is 2.21. The molecule has 4 rings (SSSR count). The average molecular weight is 435 g/mol. The molecule has 1 unspecified atom stereocenters. The predicted molar refractivity (Wildman–Crippen MR) is 111 cm³/mol. The van der Waals surface area contributed by atoms with Crippen molar-refractivity contribution < 1.29 is 14.1 Å². The summed E-state index contributed by atoms with van der Waals surface area (Å²) in [6.45, 7) is 2.86. The molecule has 1 aromatic carbocycles. The van der Waals surface area contributed by atoms with E-state index in [-0.39, 0.29) is 29.2 Å². The number of aryl methyl sites for hydroxylation is 1. The van der Waals surface area contributed by atoms with E-state index in [1.807, 2.05) is 0 Å². The van der Waals surface area contributed by atoms with Gasteiger partial charge in [-0.15, -0.1) is 0 Å². The number of ether oxygens (including phenoxy) is 1. The fourth-order valence-corrected chi connectivity index (χ4v) is 4.14. The van der Waals surface area contributed by atoms with Gasteiger partial charge >= 0.3 is 0 Å². The van der Waals surface area contributed by atoms with Crippen LogP contribution in [0.3, 0.4) is 0 Å². The minimum atomic E-state index is -0.282. The fourth-order valence-electron chi connectivity index (χ4n) is 3.16. The molecule has 2 aromatic heterocycles. The Morgan fingerprint density at radius 2 is 2.28 bits per heavy atom. The number of anilines is 1. The van der Waals surface area contributed by atoms with E-state index in [9.17, 15) is 9.59 Å². The number of nitrogens with one attached hydrogen (secondary N) is 1. The van der Waals surface area contributed by atoms with E-state index in [1.165, 1.54) is 11.8 Å². The topological polar surface area (TPSA) is 99.2 Å². The van der Waals surface area contributed by atoms with Gasteiger partial charge in [0, 0.05) is 17.7 Å². The number of thioether (sulfide) groups is 1. The highest BCUT2D eigenvalue weighted by Crippen LogP contribution is 2.23. The molecule has 29 heavy (non-hydrogen) atoms. The van der Waals surface area contributed by atoms with Crippen molar-refractivity contribution in [3.05, 3.63) is 45.3 Å². The maximum atomic E-state index is 13.1. The van der Waals surface area contributed by atoms with Crippen molar-refractivity contribution in [2.24, 2.45) is 0 Å². The van der Waals surface area contributed by atoms with Gasteiger partial charge in [-0.2, -0.15) is 0 Å². The summed E-state index contributed by atoms with van der Waals surface area (Å²) in [5, 5.41) is 7.80. The van der Waals surface area contributed by atoms with Crippen molar-refractivity contribution in [3.63, 3.8) is 0 Å². The number of carbonyl (C=O) groups is 1. The number of amides is 1. The van der Waals surface area contributed by atoms with Gasteiger partial charge in [-0.05, 0) is 38.0 Å². The number of hydrogen-bond donors (Lipinski definition) is 1. The molecule has 3 heterocycles. The number of benzene rings is 1. The summed E-state index contributed by atoms with van der Waals surface area (Å²) in [4.78, 5) is 29.9. The van der Waals surface area contributed by atoms with Crippen molar-refractivity contribution >= 4 is 46.1 Å². The van der Waals surface area contributed by atoms with Gasteiger partial charge < -0.3 is 9.26 Å². The fraction of sp³-hybridized carbons (Fsp3) is 0.368. The van der Waals surface area contributed by atoms with Crippen LogP contribution in [0.15, 0.2) is 38.7 Å². The van der Waals surface area contributed by atoms with Gasteiger partial charge in [-0.3, -0.25) is 19.5 Å². The average Bonchev–Trinajstić information content (AvgIpc) is 3.34. The Morgan fingerprint density at radius 1 is 1.41 bits per heavy atom. The summed E-state index contributed by atoms with van der Waals surface area (Å²) in [5.74, 6) is 0.0578. The zero-order valence-corrected chi connectivity index (χ0v) is 17.3. The van der Waals surface area contributed by atoms with Crippen molar-refractivity contribution in [1.29, 1.82) is 0 Å². The lowest BCUT2D eigenvalue weighted by molar-refractivity contribution is -0.113. The lowest BCUT2D eigenvalue weighted by Crippen LogP contribution is -2.29. The molecule has 1 saturated heterocycles. The van der Waals surface area contributed by atoms with Crippen molar-refractivity contribution in [2.75, 3.05) is 17.7 Å². The van der Waals surface area contributed by atoms with Crippen LogP contribution in [0.25, 0.3) is 10.9 Å². The predicted octanol–water partition coefficient (Wildman–Crippen LogP) is 3.26. The number of hydrogen-bond acceptors (Lipinski definition) is 7. The summed E-state index contributed by atoms with van der Waals surface area (Å²) >= 11 is 7.24. The van der Waals surface area contributed by atoms with E-state index < -0.39 is 0 Å². The molecule has 152 valence electrons. The number of halogens is 1. The van der Waals surface area contributed by atoms with Crippen molar-refractivity contribution in [3.8, 4) is 0 Å². The van der Waals surface area contributed by atoms with Crippen molar-refractivity contribution in [1.82, 2.24) is 14.7 Å². The number of fused-ring (bicyclic) bond motifs is 1. The second-order valence-electron chi connectivity index (χ2n) is 6.78. The van der Waals surface area contributed by atoms with E-state index in [0.717, 1.165) is 12.8 Å². The van der Waals surface area contributed by atoms with Gasteiger partial charge in [-0.25, -0.2) is 4.98 Å². The van der Waals surface area contributed by atoms with E-state index >= 15 is 0 Å². The number of nitrogens with zero attached hydrogens (tertiary/aromatic N) is 3. The molecule has 10 heteroatoms. The molecular weight excluding hydrogens is 416 g/mol. The van der Waals surface area contributed by atoms with Gasteiger partial charge in [-0.1, -0.05) is 28.5 Å². The lowest BCUT2D eigenvalue weighted by atomic mass is 10.2. The molecule has 1 atom stereocenters. The molecule has 1 amide bonds. The molecule has 0 radical (unpaired) electrons. The molecule has 0 bridgehead atoms. The first-order valence-corrected chi connectivity index (χ1v) is 10.5. The van der Waals surface area contributed by atoms with Crippen LogP contribution in [0.5, 0.6) is 0 Å². The maximum absolute atomic E-state index is 13.1. The molecule has 1 aliphatic heterocycles. The van der Waals surface area contributed by atoms with Crippen molar-refractivity contribution in [2.45, 2.75) is 37.6 Å². The molecule has 0 aliphatic carbocycles. The van der Waals surface area contributed by atoms with E-state index in [0.29, 0.717) is 39.9 Å². The number of aromatic nitrogens is 3. The Morgan fingerprint density at radius 3 is 3.00 bits per heavy atom. The smallest absolute Gasteiger partial charge is 0.262 e. The minimum absolute atomic E-state index is 0.0374. The lowest BCUT2D eigenvalue weighted by Gasteiger charge is -2.16. The van der Waals surface area contributed by atoms with E-state index in [1.54, 1.807) is 35.8 Å². The summed E-state index contributed by atoms with van der Waals surface area (Å²) in [7, 11) is 0. The molecule has 8 nitrogen and oxygen atoms in total. The van der Waals surface area contributed by atoms with E-state index in [2.05, 4.69) is 15.5 Å². The van der Waals surface area contributed by atoms with E-state index in [4.69, 9.17) is 20.9 Å². The SMILES string of the molecule is Cc1cc(NC(=O)CSc2nc3cc(Cl)ccc3c(=O)n2CC2CCCO2)on1. The second-order valence-corrected chi connectivity index (χ2v) is 8.15. The summed E-state index contributed by atoms with van der Waals surface area (Å²) in [6.07, 6.45) is 1.82. The Hall–Kier alpha value is -2.36. The second kappa shape index (κ2) is 8.56. The van der Waals surface area contributed by atoms with Gasteiger partial charge in [0.15, 0.2) is 5.16 Å². The van der Waals surface area contributed by atoms with Crippen LogP contribution in [0.2, 0.25) is 5.02 Å². The largest absolute Gasteiger partial charge is 0.376 e. The molecular formula is C19H19ClN4O4S. The first kappa shape index (κ1) is 19.9. The van der Waals surface area contributed by atoms with Gasteiger partial charge in [0.1, 0.15) is 0 Å². The Bertz CT molecular complexity index is 1110. The number of rotatable bonds is 6. The number of carbonyl (C=O) groups excluding carboxylic acids is 1. The highest BCUT2D eigenvalue weighted by atomic mass is 35.5. The van der Waals surface area contributed by atoms with Crippen LogP contribution in [-0.4, -0.2) is 39.1 Å². The standard InChI is InChI=1S/C19H19ClN4O4S/c1-11-7-17(28-23-11)22-16(25)10-29-19-21-15-8-12(20)4-5-14(15)18(26)24(19)9-13-3-2-6-27-13/h4-5,7-8,13H,2-3,6,9-10H2,1H3,(H,22,25). The maximum Gasteiger partial charge on any atom is 0.262 e. The summed E-state index contributed by atoms with van der Waals surface area (Å²) in [6, 6.07) is 6.62. The quantitative estimate of drug-likeness (QED) is 0.469.